The quantitative estimate of drug-likeness (QED) is 0.283. The molecule has 0 amide bonds. The highest BCUT2D eigenvalue weighted by Crippen LogP contribution is 2.21. The van der Waals surface area contributed by atoms with Gasteiger partial charge in [0.25, 0.3) is 0 Å². The summed E-state index contributed by atoms with van der Waals surface area (Å²) in [7, 11) is 0. The Kier molecular flexibility index (Phi) is 12.2. The van der Waals surface area contributed by atoms with Crippen LogP contribution in [-0.4, -0.2) is 48.9 Å². The Labute approximate surface area is 191 Å². The number of pyridine rings is 1. The van der Waals surface area contributed by atoms with Gasteiger partial charge in [-0.1, -0.05) is 47.2 Å². The van der Waals surface area contributed by atoms with Crippen molar-refractivity contribution in [1.82, 2.24) is 10.3 Å². The van der Waals surface area contributed by atoms with E-state index in [1.807, 2.05) is 18.3 Å². The number of nitrogens with two attached hydrogens (primary N) is 1. The van der Waals surface area contributed by atoms with Gasteiger partial charge in [0.2, 0.25) is 0 Å². The van der Waals surface area contributed by atoms with E-state index in [0.717, 1.165) is 69.3 Å². The van der Waals surface area contributed by atoms with Gasteiger partial charge in [-0.15, -0.1) is 0 Å². The van der Waals surface area contributed by atoms with Gasteiger partial charge in [-0.3, -0.25) is 4.99 Å². The molecule has 2 rings (SSSR count). The maximum absolute atomic E-state index is 5.20. The molecule has 0 aliphatic heterocycles. The normalized spacial score (nSPS) is 14.7. The van der Waals surface area contributed by atoms with Gasteiger partial charge < -0.3 is 16.0 Å². The third-order valence-electron chi connectivity index (χ3n) is 4.95. The number of anilines is 1. The standard InChI is InChI=1S/C24H36N6S/c1-21-10-12-22(13-11-21)19-30(23-9-4-7-15-27-23)18-8-17-29-24(31-2)28-16-6-3-5-14-26-20-25/h4-5,7,9-10,12,14-15,20H,3,6,8,11,13,16-19H2,1-2H3,(H2,25,26)(H,28,29)/b14-5+. The van der Waals surface area contributed by atoms with Gasteiger partial charge in [-0.25, -0.2) is 9.98 Å². The smallest absolute Gasteiger partial charge is 0.156 e. The second-order valence-corrected chi connectivity index (χ2v) is 8.24. The van der Waals surface area contributed by atoms with Gasteiger partial charge in [0.05, 0.1) is 6.34 Å². The first-order chi connectivity index (χ1) is 15.2. The number of aliphatic imine (C=N–C) groups is 2. The van der Waals surface area contributed by atoms with Crippen LogP contribution in [0, 0.1) is 0 Å². The summed E-state index contributed by atoms with van der Waals surface area (Å²) in [6.45, 7) is 5.77. The number of thioether (sulfide) groups is 1. The van der Waals surface area contributed by atoms with E-state index < -0.39 is 0 Å². The molecule has 0 atom stereocenters. The minimum Gasteiger partial charge on any atom is -0.390 e. The summed E-state index contributed by atoms with van der Waals surface area (Å²) in [6, 6.07) is 6.12. The first-order valence-electron chi connectivity index (χ1n) is 10.9. The van der Waals surface area contributed by atoms with Crippen LogP contribution < -0.4 is 16.0 Å². The highest BCUT2D eigenvalue weighted by atomic mass is 32.2. The van der Waals surface area contributed by atoms with Gasteiger partial charge in [-0.05, 0) is 57.4 Å². The maximum atomic E-state index is 5.20. The molecule has 1 aliphatic rings. The van der Waals surface area contributed by atoms with Gasteiger partial charge >= 0.3 is 0 Å². The van der Waals surface area contributed by atoms with Crippen molar-refractivity contribution in [3.05, 3.63) is 60.0 Å². The zero-order chi connectivity index (χ0) is 22.2. The number of unbranched alkanes of at least 4 members (excludes halogenated alkanes) is 1. The second kappa shape index (κ2) is 15.3. The predicted octanol–water partition coefficient (Wildman–Crippen LogP) is 4.53. The van der Waals surface area contributed by atoms with Crippen LogP contribution in [0.4, 0.5) is 5.82 Å². The van der Waals surface area contributed by atoms with Crippen molar-refractivity contribution >= 4 is 29.1 Å². The van der Waals surface area contributed by atoms with E-state index in [1.165, 1.54) is 17.5 Å². The molecule has 0 bridgehead atoms. The summed E-state index contributed by atoms with van der Waals surface area (Å²) in [5.41, 5.74) is 8.13. The Hall–Kier alpha value is -2.54. The lowest BCUT2D eigenvalue weighted by Gasteiger charge is -2.26. The highest BCUT2D eigenvalue weighted by molar-refractivity contribution is 8.13. The highest BCUT2D eigenvalue weighted by Gasteiger charge is 2.11. The van der Waals surface area contributed by atoms with Crippen LogP contribution in [0.25, 0.3) is 0 Å². The summed E-state index contributed by atoms with van der Waals surface area (Å²) >= 11 is 1.67. The lowest BCUT2D eigenvalue weighted by atomic mass is 9.99. The summed E-state index contributed by atoms with van der Waals surface area (Å²) in [5, 5.41) is 4.43. The number of hydrogen-bond donors (Lipinski definition) is 2. The molecule has 31 heavy (non-hydrogen) atoms. The Bertz CT molecular complexity index is 783. The van der Waals surface area contributed by atoms with Gasteiger partial charge in [0.1, 0.15) is 5.82 Å². The van der Waals surface area contributed by atoms with E-state index in [1.54, 1.807) is 18.0 Å². The lowest BCUT2D eigenvalue weighted by molar-refractivity contribution is 0.730. The number of amidine groups is 1. The summed E-state index contributed by atoms with van der Waals surface area (Å²) in [5.74, 6) is 1.04. The van der Waals surface area contributed by atoms with E-state index in [-0.39, 0.29) is 0 Å². The van der Waals surface area contributed by atoms with Crippen LogP contribution >= 0.6 is 11.8 Å². The number of nitrogens with zero attached hydrogens (tertiary/aromatic N) is 4. The Morgan fingerprint density at radius 2 is 2.19 bits per heavy atom. The number of aromatic nitrogens is 1. The minimum atomic E-state index is 0.801. The summed E-state index contributed by atoms with van der Waals surface area (Å²) < 4.78 is 0. The molecule has 0 saturated carbocycles. The van der Waals surface area contributed by atoms with E-state index in [0.29, 0.717) is 0 Å². The van der Waals surface area contributed by atoms with E-state index in [9.17, 15) is 0 Å². The molecule has 7 heteroatoms. The van der Waals surface area contributed by atoms with Crippen LogP contribution in [0.3, 0.4) is 0 Å². The van der Waals surface area contributed by atoms with Crippen LogP contribution in [0.1, 0.15) is 39.0 Å². The first kappa shape index (κ1) is 24.7. The van der Waals surface area contributed by atoms with Crippen molar-refractivity contribution in [2.45, 2.75) is 39.0 Å². The molecule has 1 aromatic heterocycles. The summed E-state index contributed by atoms with van der Waals surface area (Å²) in [6.07, 6.45) is 18.8. The van der Waals surface area contributed by atoms with Crippen molar-refractivity contribution in [2.75, 3.05) is 37.3 Å². The van der Waals surface area contributed by atoms with Gasteiger partial charge in [0.15, 0.2) is 5.17 Å². The molecule has 1 heterocycles. The van der Waals surface area contributed by atoms with E-state index in [2.05, 4.69) is 57.7 Å². The predicted molar refractivity (Wildman–Crippen MR) is 137 cm³/mol. The number of nitrogens with one attached hydrogen (secondary N) is 1. The number of allylic oxidation sites excluding steroid dienone is 4. The average Bonchev–Trinajstić information content (AvgIpc) is 2.80. The van der Waals surface area contributed by atoms with Gasteiger partial charge in [-0.2, -0.15) is 0 Å². The van der Waals surface area contributed by atoms with E-state index in [4.69, 9.17) is 10.7 Å². The maximum Gasteiger partial charge on any atom is 0.156 e. The molecule has 0 spiro atoms. The molecule has 1 aromatic rings. The first-order valence-corrected chi connectivity index (χ1v) is 12.2. The summed E-state index contributed by atoms with van der Waals surface area (Å²) in [4.78, 5) is 15.6. The van der Waals surface area contributed by atoms with Crippen molar-refractivity contribution in [3.8, 4) is 0 Å². The monoisotopic (exact) mass is 440 g/mol. The van der Waals surface area contributed by atoms with Crippen LogP contribution in [0.2, 0.25) is 0 Å². The van der Waals surface area contributed by atoms with E-state index >= 15 is 0 Å². The zero-order valence-electron chi connectivity index (χ0n) is 18.8. The average molecular weight is 441 g/mol. The third-order valence-corrected chi connectivity index (χ3v) is 5.61. The second-order valence-electron chi connectivity index (χ2n) is 7.44. The van der Waals surface area contributed by atoms with Gasteiger partial charge in [0, 0.05) is 38.6 Å². The topological polar surface area (TPSA) is 78.9 Å². The molecule has 0 unspecified atom stereocenters. The largest absolute Gasteiger partial charge is 0.390 e. The SMILES string of the molecule is CSC(=NCCCN(CC1=CC=C(C)CC1)c1ccccn1)NCCC/C=C/N=CN. The molecule has 168 valence electrons. The van der Waals surface area contributed by atoms with Crippen LogP contribution in [0.15, 0.2) is 70.0 Å². The Morgan fingerprint density at radius 3 is 2.90 bits per heavy atom. The molecule has 0 radical (unpaired) electrons. The molecule has 0 fully saturated rings. The fourth-order valence-electron chi connectivity index (χ4n) is 3.21. The van der Waals surface area contributed by atoms with Crippen molar-refractivity contribution in [2.24, 2.45) is 15.7 Å². The van der Waals surface area contributed by atoms with Crippen molar-refractivity contribution in [1.29, 1.82) is 0 Å². The third kappa shape index (κ3) is 10.4. The zero-order valence-corrected chi connectivity index (χ0v) is 19.7. The Balaban J connectivity index is 1.80. The fraction of sp³-hybridized carbons (Fsp3) is 0.458. The molecular formula is C24H36N6S. The minimum absolute atomic E-state index is 0.801. The fourth-order valence-corrected chi connectivity index (χ4v) is 3.68. The van der Waals surface area contributed by atoms with Crippen molar-refractivity contribution in [3.63, 3.8) is 0 Å². The molecular weight excluding hydrogens is 404 g/mol. The molecule has 3 N–H and O–H groups in total. The van der Waals surface area contributed by atoms with Crippen LogP contribution in [-0.2, 0) is 0 Å². The molecule has 1 aliphatic carbocycles. The molecule has 0 aromatic carbocycles. The van der Waals surface area contributed by atoms with Crippen LogP contribution in [0.5, 0.6) is 0 Å². The van der Waals surface area contributed by atoms with Crippen molar-refractivity contribution < 1.29 is 0 Å². The number of hydrogen-bond acceptors (Lipinski definition) is 5. The Morgan fingerprint density at radius 1 is 1.29 bits per heavy atom. The number of rotatable bonds is 12. The lowest BCUT2D eigenvalue weighted by Crippen LogP contribution is -2.29. The molecule has 0 saturated heterocycles. The molecule has 6 nitrogen and oxygen atoms in total.